The fraction of sp³-hybridized carbons (Fsp3) is 0.864. The van der Waals surface area contributed by atoms with E-state index in [0.29, 0.717) is 59.0 Å². The number of aliphatic carboxylic acids is 1. The molecule has 0 spiro atoms. The van der Waals surface area contributed by atoms with Gasteiger partial charge in [-0.25, -0.2) is 4.79 Å². The van der Waals surface area contributed by atoms with Gasteiger partial charge in [0.25, 0.3) is 0 Å². The summed E-state index contributed by atoms with van der Waals surface area (Å²) in [5.74, 6) is -0.711. The van der Waals surface area contributed by atoms with Gasteiger partial charge in [-0.3, -0.25) is 14.4 Å². The second kappa shape index (κ2) is 19.5. The molecule has 0 aliphatic heterocycles. The zero-order chi connectivity index (χ0) is 25.0. The highest BCUT2D eigenvalue weighted by atomic mass is 16.7. The summed E-state index contributed by atoms with van der Waals surface area (Å²) in [4.78, 5) is 40.4. The molecular formula is C22H42N2O9. The van der Waals surface area contributed by atoms with Crippen molar-refractivity contribution in [3.63, 3.8) is 0 Å². The topological polar surface area (TPSA) is 133 Å². The summed E-state index contributed by atoms with van der Waals surface area (Å²) in [5, 5.41) is 8.58. The maximum Gasteiger partial charge on any atom is 0.431 e. The molecule has 0 radical (unpaired) electrons. The monoisotopic (exact) mass is 478 g/mol. The number of nitrogens with zero attached hydrogens (tertiary/aromatic N) is 1. The number of carbonyl (C=O) groups excluding carboxylic acids is 2. The Morgan fingerprint density at radius 2 is 1.30 bits per heavy atom. The third-order valence-corrected chi connectivity index (χ3v) is 4.16. The van der Waals surface area contributed by atoms with Gasteiger partial charge in [0.2, 0.25) is 5.91 Å². The first-order chi connectivity index (χ1) is 15.6. The number of likely N-dealkylation sites (N-methyl/N-ethyl adjacent to an activating group) is 1. The van der Waals surface area contributed by atoms with Gasteiger partial charge in [-0.05, 0) is 33.6 Å². The zero-order valence-electron chi connectivity index (χ0n) is 20.6. The van der Waals surface area contributed by atoms with Crippen molar-refractivity contribution in [2.45, 2.75) is 64.9 Å². The Labute approximate surface area is 197 Å². The SMILES string of the molecule is CN(CCOCCOCCOCCONC(=O)OC(C)(C)C)C(=O)CCCCCCC(=O)O. The molecule has 0 heterocycles. The van der Waals surface area contributed by atoms with Gasteiger partial charge in [-0.15, -0.1) is 0 Å². The molecule has 11 nitrogen and oxygen atoms in total. The molecule has 2 N–H and O–H groups in total. The molecule has 0 aromatic rings. The summed E-state index contributed by atoms with van der Waals surface area (Å²) in [7, 11) is 1.75. The highest BCUT2D eigenvalue weighted by Gasteiger charge is 2.15. The number of nitrogens with one attached hydrogen (secondary N) is 1. The Bertz CT molecular complexity index is 538. The number of carboxylic acid groups (broad SMARTS) is 1. The van der Waals surface area contributed by atoms with Crippen molar-refractivity contribution in [1.82, 2.24) is 10.4 Å². The third kappa shape index (κ3) is 23.0. The van der Waals surface area contributed by atoms with Crippen LogP contribution < -0.4 is 5.48 Å². The van der Waals surface area contributed by atoms with Crippen molar-refractivity contribution in [1.29, 1.82) is 0 Å². The van der Waals surface area contributed by atoms with E-state index in [2.05, 4.69) is 5.48 Å². The number of unbranched alkanes of at least 4 members (excludes halogenated alkanes) is 3. The van der Waals surface area contributed by atoms with E-state index in [4.69, 9.17) is 28.9 Å². The summed E-state index contributed by atoms with van der Waals surface area (Å²) in [6, 6.07) is 0. The molecular weight excluding hydrogens is 436 g/mol. The van der Waals surface area contributed by atoms with Crippen LogP contribution in [0.15, 0.2) is 0 Å². The molecule has 0 saturated heterocycles. The van der Waals surface area contributed by atoms with Crippen LogP contribution in [0.3, 0.4) is 0 Å². The van der Waals surface area contributed by atoms with Crippen LogP contribution in [0.25, 0.3) is 0 Å². The summed E-state index contributed by atoms with van der Waals surface area (Å²) in [6.07, 6.45) is 3.12. The smallest absolute Gasteiger partial charge is 0.431 e. The van der Waals surface area contributed by atoms with Crippen LogP contribution in [0, 0.1) is 0 Å². The molecule has 0 aliphatic rings. The maximum absolute atomic E-state index is 12.0. The van der Waals surface area contributed by atoms with Crippen molar-refractivity contribution in [3.05, 3.63) is 0 Å². The van der Waals surface area contributed by atoms with E-state index < -0.39 is 17.7 Å². The Morgan fingerprint density at radius 3 is 1.85 bits per heavy atom. The van der Waals surface area contributed by atoms with Crippen molar-refractivity contribution >= 4 is 18.0 Å². The van der Waals surface area contributed by atoms with E-state index in [-0.39, 0.29) is 18.9 Å². The van der Waals surface area contributed by atoms with E-state index >= 15 is 0 Å². The minimum atomic E-state index is -0.777. The molecule has 0 bridgehead atoms. The van der Waals surface area contributed by atoms with Gasteiger partial charge in [0, 0.05) is 26.4 Å². The van der Waals surface area contributed by atoms with Crippen molar-refractivity contribution < 1.29 is 43.3 Å². The van der Waals surface area contributed by atoms with Crippen molar-refractivity contribution in [2.24, 2.45) is 0 Å². The largest absolute Gasteiger partial charge is 0.481 e. The molecule has 0 aromatic carbocycles. The molecule has 2 amide bonds. The first-order valence-electron chi connectivity index (χ1n) is 11.4. The van der Waals surface area contributed by atoms with Crippen molar-refractivity contribution in [2.75, 3.05) is 59.8 Å². The van der Waals surface area contributed by atoms with E-state index in [1.165, 1.54) is 0 Å². The van der Waals surface area contributed by atoms with Gasteiger partial charge in [-0.2, -0.15) is 5.48 Å². The fourth-order valence-corrected chi connectivity index (χ4v) is 2.47. The second-order valence-electron chi connectivity index (χ2n) is 8.41. The summed E-state index contributed by atoms with van der Waals surface area (Å²) in [5.41, 5.74) is 1.60. The van der Waals surface area contributed by atoms with E-state index in [1.807, 2.05) is 0 Å². The number of rotatable bonds is 20. The second-order valence-corrected chi connectivity index (χ2v) is 8.41. The maximum atomic E-state index is 12.0. The summed E-state index contributed by atoms with van der Waals surface area (Å²) < 4.78 is 21.2. The Morgan fingerprint density at radius 1 is 0.788 bits per heavy atom. The van der Waals surface area contributed by atoms with Crippen LogP contribution in [0.1, 0.15) is 59.3 Å². The lowest BCUT2D eigenvalue weighted by Crippen LogP contribution is -2.33. The molecule has 0 aromatic heterocycles. The van der Waals surface area contributed by atoms with Gasteiger partial charge in [0.15, 0.2) is 0 Å². The van der Waals surface area contributed by atoms with Crippen LogP contribution >= 0.6 is 0 Å². The molecule has 0 unspecified atom stereocenters. The number of ether oxygens (including phenoxy) is 4. The molecule has 194 valence electrons. The van der Waals surface area contributed by atoms with Gasteiger partial charge in [-0.1, -0.05) is 12.8 Å². The lowest BCUT2D eigenvalue weighted by Gasteiger charge is -2.19. The number of carboxylic acids is 1. The average molecular weight is 479 g/mol. The van der Waals surface area contributed by atoms with Gasteiger partial charge in [0.1, 0.15) is 5.60 Å². The highest BCUT2D eigenvalue weighted by molar-refractivity contribution is 5.75. The molecule has 0 atom stereocenters. The number of hydrogen-bond donors (Lipinski definition) is 2. The zero-order valence-corrected chi connectivity index (χ0v) is 20.6. The van der Waals surface area contributed by atoms with Crippen LogP contribution in [-0.4, -0.2) is 93.4 Å². The Hall–Kier alpha value is -1.95. The number of hydroxylamine groups is 1. The normalized spacial score (nSPS) is 11.3. The molecule has 33 heavy (non-hydrogen) atoms. The van der Waals surface area contributed by atoms with E-state index in [0.717, 1.165) is 19.3 Å². The van der Waals surface area contributed by atoms with Gasteiger partial charge >= 0.3 is 12.1 Å². The lowest BCUT2D eigenvalue weighted by molar-refractivity contribution is -0.137. The number of amides is 2. The van der Waals surface area contributed by atoms with Crippen LogP contribution in [0.5, 0.6) is 0 Å². The molecule has 0 rings (SSSR count). The summed E-state index contributed by atoms with van der Waals surface area (Å²) >= 11 is 0. The van der Waals surface area contributed by atoms with Gasteiger partial charge < -0.3 is 29.0 Å². The molecule has 11 heteroatoms. The Kier molecular flexibility index (Phi) is 18.4. The number of carbonyl (C=O) groups is 3. The van der Waals surface area contributed by atoms with Crippen molar-refractivity contribution in [3.8, 4) is 0 Å². The molecule has 0 aliphatic carbocycles. The number of hydrogen-bond acceptors (Lipinski definition) is 8. The minimum absolute atomic E-state index is 0.0653. The third-order valence-electron chi connectivity index (χ3n) is 4.16. The predicted molar refractivity (Wildman–Crippen MR) is 121 cm³/mol. The average Bonchev–Trinajstić information content (AvgIpc) is 2.72. The van der Waals surface area contributed by atoms with E-state index in [1.54, 1.807) is 32.7 Å². The van der Waals surface area contributed by atoms with Crippen LogP contribution in [0.2, 0.25) is 0 Å². The predicted octanol–water partition coefficient (Wildman–Crippen LogP) is 2.38. The quantitative estimate of drug-likeness (QED) is 0.200. The lowest BCUT2D eigenvalue weighted by atomic mass is 10.1. The summed E-state index contributed by atoms with van der Waals surface area (Å²) in [6.45, 7) is 8.39. The fourth-order valence-electron chi connectivity index (χ4n) is 2.47. The van der Waals surface area contributed by atoms with Crippen LogP contribution in [-0.2, 0) is 33.4 Å². The first kappa shape index (κ1) is 31.0. The highest BCUT2D eigenvalue weighted by Crippen LogP contribution is 2.07. The van der Waals surface area contributed by atoms with Gasteiger partial charge in [0.05, 0.1) is 46.2 Å². The standard InChI is InChI=1S/C22H42N2O9/c1-22(2,3)33-21(28)23-32-18-17-31-16-15-30-14-13-29-12-11-24(4)19(25)9-7-5-6-8-10-20(26)27/h5-18H2,1-4H3,(H,23,28)(H,26,27). The van der Waals surface area contributed by atoms with E-state index in [9.17, 15) is 14.4 Å². The minimum Gasteiger partial charge on any atom is -0.481 e. The molecule has 0 saturated carbocycles. The first-order valence-corrected chi connectivity index (χ1v) is 11.4. The van der Waals surface area contributed by atoms with Crippen LogP contribution in [0.4, 0.5) is 4.79 Å². The molecule has 0 fully saturated rings. The Balaban J connectivity index is 3.39.